The lowest BCUT2D eigenvalue weighted by Gasteiger charge is -2.39. The topological polar surface area (TPSA) is 53.1 Å². The molecule has 0 bridgehead atoms. The first-order valence-electron chi connectivity index (χ1n) is 8.30. The first-order chi connectivity index (χ1) is 12.5. The van der Waals surface area contributed by atoms with Gasteiger partial charge in [0.2, 0.25) is 0 Å². The lowest BCUT2D eigenvalue weighted by molar-refractivity contribution is -0.105. The fraction of sp³-hybridized carbons (Fsp3) is 0.333. The third-order valence-electron chi connectivity index (χ3n) is 4.01. The van der Waals surface area contributed by atoms with Crippen LogP contribution in [0.5, 0.6) is 0 Å². The number of carbonyl (C=O) groups excluding carboxylic acids is 2. The molecule has 0 N–H and O–H groups in total. The average molecular weight is 394 g/mol. The molecule has 26 heavy (non-hydrogen) atoms. The molecule has 8 heteroatoms. The minimum atomic E-state index is -1.61. The third-order valence-corrected chi connectivity index (χ3v) is 5.23. The molecule has 0 aliphatic carbocycles. The Labute approximate surface area is 161 Å². The molecule has 0 radical (unpaired) electrons. The van der Waals surface area contributed by atoms with E-state index in [1.54, 1.807) is 36.3 Å². The van der Waals surface area contributed by atoms with Gasteiger partial charge >= 0.3 is 6.09 Å². The van der Waals surface area contributed by atoms with Gasteiger partial charge in [-0.2, -0.15) is 0 Å². The molecule has 1 fully saturated rings. The Hall–Kier alpha value is -2.09. The van der Waals surface area contributed by atoms with Gasteiger partial charge in [-0.3, -0.25) is 9.69 Å². The summed E-state index contributed by atoms with van der Waals surface area (Å²) in [7, 11) is 1.76. The maximum Gasteiger partial charge on any atom is 0.417 e. The van der Waals surface area contributed by atoms with E-state index in [0.717, 1.165) is 6.42 Å². The molecule has 0 saturated carbocycles. The predicted octanol–water partition coefficient (Wildman–Crippen LogP) is 4.00. The minimum Gasteiger partial charge on any atom is -0.404 e. The standard InChI is InChI=1S/C18H20ClN3O3S/c1-3-11-20(2)22(16(23)15-10-7-12-26-15)18(19)13-21(17(24)25-18)14-8-5-4-6-9-14/h4-10,12H,3,11,13H2,1-2H3. The summed E-state index contributed by atoms with van der Waals surface area (Å²) in [4.78, 5) is 27.5. The van der Waals surface area contributed by atoms with Crippen LogP contribution in [0.25, 0.3) is 0 Å². The monoisotopic (exact) mass is 393 g/mol. The van der Waals surface area contributed by atoms with Crippen molar-refractivity contribution in [2.75, 3.05) is 25.0 Å². The summed E-state index contributed by atoms with van der Waals surface area (Å²) in [6.45, 7) is 2.62. The van der Waals surface area contributed by atoms with Gasteiger partial charge in [-0.15, -0.1) is 11.3 Å². The average Bonchev–Trinajstić information content (AvgIpc) is 3.24. The highest BCUT2D eigenvalue weighted by atomic mass is 35.5. The number of benzene rings is 1. The van der Waals surface area contributed by atoms with E-state index in [0.29, 0.717) is 17.1 Å². The van der Waals surface area contributed by atoms with Crippen LogP contribution < -0.4 is 4.90 Å². The molecular formula is C18H20ClN3O3S. The van der Waals surface area contributed by atoms with Crippen LogP contribution >= 0.6 is 22.9 Å². The Bertz CT molecular complexity index is 771. The second-order valence-electron chi connectivity index (χ2n) is 5.95. The molecule has 2 amide bonds. The number of carbonyl (C=O) groups is 2. The van der Waals surface area contributed by atoms with Crippen LogP contribution in [0.2, 0.25) is 0 Å². The highest BCUT2D eigenvalue weighted by Crippen LogP contribution is 2.36. The number of thiophene rings is 1. The van der Waals surface area contributed by atoms with Crippen LogP contribution in [0.1, 0.15) is 23.0 Å². The van der Waals surface area contributed by atoms with Gasteiger partial charge in [0.15, 0.2) is 0 Å². The Morgan fingerprint density at radius 3 is 2.65 bits per heavy atom. The third kappa shape index (κ3) is 3.56. The molecule has 138 valence electrons. The molecular weight excluding hydrogens is 374 g/mol. The molecule has 1 aliphatic heterocycles. The summed E-state index contributed by atoms with van der Waals surface area (Å²) < 4.78 is 5.49. The zero-order chi connectivity index (χ0) is 18.7. The molecule has 6 nitrogen and oxygen atoms in total. The van der Waals surface area contributed by atoms with Gasteiger partial charge in [0, 0.05) is 19.3 Å². The molecule has 1 aromatic carbocycles. The quantitative estimate of drug-likeness (QED) is 0.423. The second kappa shape index (κ2) is 7.65. The van der Waals surface area contributed by atoms with E-state index in [9.17, 15) is 9.59 Å². The number of cyclic esters (lactones) is 1. The highest BCUT2D eigenvalue weighted by molar-refractivity contribution is 7.12. The van der Waals surface area contributed by atoms with Crippen LogP contribution in [-0.2, 0) is 4.74 Å². The van der Waals surface area contributed by atoms with Crippen molar-refractivity contribution in [3.8, 4) is 0 Å². The van der Waals surface area contributed by atoms with Gasteiger partial charge < -0.3 is 4.74 Å². The normalized spacial score (nSPS) is 19.7. The van der Waals surface area contributed by atoms with Crippen molar-refractivity contribution in [3.05, 3.63) is 52.7 Å². The van der Waals surface area contributed by atoms with E-state index < -0.39 is 11.3 Å². The van der Waals surface area contributed by atoms with Crippen molar-refractivity contribution in [2.45, 2.75) is 18.5 Å². The number of hydrogen-bond donors (Lipinski definition) is 0. The van der Waals surface area contributed by atoms with Crippen LogP contribution in [0.4, 0.5) is 10.5 Å². The zero-order valence-electron chi connectivity index (χ0n) is 14.6. The summed E-state index contributed by atoms with van der Waals surface area (Å²) in [5.41, 5.74) is 0.668. The van der Waals surface area contributed by atoms with Crippen LogP contribution in [0.3, 0.4) is 0 Å². The largest absolute Gasteiger partial charge is 0.417 e. The Morgan fingerprint density at radius 1 is 1.31 bits per heavy atom. The predicted molar refractivity (Wildman–Crippen MR) is 102 cm³/mol. The minimum absolute atomic E-state index is 0.0303. The van der Waals surface area contributed by atoms with Crippen molar-refractivity contribution in [1.82, 2.24) is 10.0 Å². The maximum atomic E-state index is 13.1. The zero-order valence-corrected chi connectivity index (χ0v) is 16.2. The Kier molecular flexibility index (Phi) is 5.50. The van der Waals surface area contributed by atoms with Gasteiger partial charge in [0.05, 0.1) is 4.88 Å². The van der Waals surface area contributed by atoms with Crippen molar-refractivity contribution < 1.29 is 14.3 Å². The van der Waals surface area contributed by atoms with Crippen molar-refractivity contribution in [3.63, 3.8) is 0 Å². The summed E-state index contributed by atoms with van der Waals surface area (Å²) in [6.07, 6.45) is 0.230. The number of halogens is 1. The first-order valence-corrected chi connectivity index (χ1v) is 9.55. The number of anilines is 1. The van der Waals surface area contributed by atoms with Crippen molar-refractivity contribution >= 4 is 40.6 Å². The van der Waals surface area contributed by atoms with Gasteiger partial charge in [0.25, 0.3) is 11.1 Å². The molecule has 2 heterocycles. The van der Waals surface area contributed by atoms with E-state index in [1.807, 2.05) is 30.5 Å². The van der Waals surface area contributed by atoms with Gasteiger partial charge in [-0.1, -0.05) is 31.2 Å². The Balaban J connectivity index is 1.93. The molecule has 1 aliphatic rings. The lowest BCUT2D eigenvalue weighted by Crippen LogP contribution is -2.58. The molecule has 2 aromatic rings. The Morgan fingerprint density at radius 2 is 2.04 bits per heavy atom. The van der Waals surface area contributed by atoms with Crippen molar-refractivity contribution in [2.24, 2.45) is 0 Å². The summed E-state index contributed by atoms with van der Waals surface area (Å²) in [5.74, 6) is -0.298. The molecule has 3 rings (SSSR count). The molecule has 1 atom stereocenters. The SMILES string of the molecule is CCCN(C)N(C(=O)c1cccs1)C1(Cl)CN(c2ccccc2)C(=O)O1. The molecule has 1 unspecified atom stereocenters. The van der Waals surface area contributed by atoms with Crippen LogP contribution in [0, 0.1) is 0 Å². The number of amides is 2. The number of alkyl halides is 1. The fourth-order valence-corrected chi connectivity index (χ4v) is 3.92. The van der Waals surface area contributed by atoms with Crippen molar-refractivity contribution in [1.29, 1.82) is 0 Å². The van der Waals surface area contributed by atoms with E-state index in [1.165, 1.54) is 21.2 Å². The number of hydrazine groups is 1. The smallest absolute Gasteiger partial charge is 0.404 e. The summed E-state index contributed by atoms with van der Waals surface area (Å²) in [5, 5.41) is 3.25. The molecule has 1 saturated heterocycles. The second-order valence-corrected chi connectivity index (χ2v) is 7.49. The van der Waals surface area contributed by atoms with Crippen LogP contribution in [0.15, 0.2) is 47.8 Å². The number of hydrogen-bond acceptors (Lipinski definition) is 5. The van der Waals surface area contributed by atoms with Gasteiger partial charge in [-0.05, 0) is 41.6 Å². The first kappa shape index (κ1) is 18.7. The number of ether oxygens (including phenoxy) is 1. The highest BCUT2D eigenvalue weighted by Gasteiger charge is 2.53. The molecule has 0 spiro atoms. The maximum absolute atomic E-state index is 13.1. The van der Waals surface area contributed by atoms with E-state index in [4.69, 9.17) is 16.3 Å². The summed E-state index contributed by atoms with van der Waals surface area (Å²) in [6, 6.07) is 12.6. The number of para-hydroxylation sites is 1. The summed E-state index contributed by atoms with van der Waals surface area (Å²) >= 11 is 8.02. The number of nitrogens with zero attached hydrogens (tertiary/aromatic N) is 3. The van der Waals surface area contributed by atoms with Crippen LogP contribution in [-0.4, -0.2) is 47.3 Å². The van der Waals surface area contributed by atoms with E-state index >= 15 is 0 Å². The van der Waals surface area contributed by atoms with E-state index in [-0.39, 0.29) is 12.5 Å². The fourth-order valence-electron chi connectivity index (χ4n) is 2.89. The van der Waals surface area contributed by atoms with Gasteiger partial charge in [0.1, 0.15) is 6.54 Å². The lowest BCUT2D eigenvalue weighted by atomic mass is 10.3. The van der Waals surface area contributed by atoms with E-state index in [2.05, 4.69) is 0 Å². The van der Waals surface area contributed by atoms with Gasteiger partial charge in [-0.25, -0.2) is 14.8 Å². The molecule has 1 aromatic heterocycles. The number of rotatable bonds is 6.